The number of rotatable bonds is 2. The molecule has 5 N–H and O–H groups in total. The van der Waals surface area contributed by atoms with Gasteiger partial charge in [0.25, 0.3) is 0 Å². The fourth-order valence-electron chi connectivity index (χ4n) is 2.43. The molecule has 0 bridgehead atoms. The van der Waals surface area contributed by atoms with E-state index in [2.05, 4.69) is 5.32 Å². The summed E-state index contributed by atoms with van der Waals surface area (Å²) in [7, 11) is 0. The summed E-state index contributed by atoms with van der Waals surface area (Å²) >= 11 is 0. The first-order valence-electron chi connectivity index (χ1n) is 6.38. The molecule has 0 saturated carbocycles. The maximum absolute atomic E-state index is 6.34. The van der Waals surface area contributed by atoms with Gasteiger partial charge in [-0.2, -0.15) is 0 Å². The second kappa shape index (κ2) is 4.48. The van der Waals surface area contributed by atoms with Crippen LogP contribution in [-0.2, 0) is 0 Å². The van der Waals surface area contributed by atoms with Crippen LogP contribution in [0.15, 0.2) is 36.4 Å². The van der Waals surface area contributed by atoms with Gasteiger partial charge in [-0.3, -0.25) is 0 Å². The summed E-state index contributed by atoms with van der Waals surface area (Å²) in [5, 5.41) is 3.37. The van der Waals surface area contributed by atoms with Gasteiger partial charge in [-0.15, -0.1) is 0 Å². The Bertz CT molecular complexity index is 625. The Kier molecular flexibility index (Phi) is 2.80. The maximum atomic E-state index is 6.34. The molecule has 3 rings (SSSR count). The van der Waals surface area contributed by atoms with Gasteiger partial charge in [0.05, 0.1) is 12.6 Å². The normalized spacial score (nSPS) is 16.2. The zero-order valence-corrected chi connectivity index (χ0v) is 10.8. The average Bonchev–Trinajstić information content (AvgIpc) is 2.40. The maximum Gasteiger partial charge on any atom is 0.119 e. The highest BCUT2D eigenvalue weighted by atomic mass is 16.5. The first-order valence-corrected chi connectivity index (χ1v) is 6.38. The van der Waals surface area contributed by atoms with Crippen molar-refractivity contribution in [3.63, 3.8) is 0 Å². The van der Waals surface area contributed by atoms with Gasteiger partial charge in [-0.1, -0.05) is 6.07 Å². The van der Waals surface area contributed by atoms with Gasteiger partial charge in [-0.25, -0.2) is 0 Å². The number of nitrogen functional groups attached to an aromatic ring is 1. The SMILES string of the molecule is CCOc1ccc2c(c1)C(N)c1ccc(N)cc1N2. The molecule has 1 aliphatic rings. The molecule has 0 saturated heterocycles. The number of hydrogen-bond donors (Lipinski definition) is 3. The molecule has 0 aromatic heterocycles. The molecule has 19 heavy (non-hydrogen) atoms. The highest BCUT2D eigenvalue weighted by Gasteiger charge is 2.22. The molecule has 1 heterocycles. The number of hydrogen-bond acceptors (Lipinski definition) is 4. The Morgan fingerprint density at radius 3 is 2.74 bits per heavy atom. The molecule has 1 unspecified atom stereocenters. The van der Waals surface area contributed by atoms with Crippen molar-refractivity contribution in [1.82, 2.24) is 0 Å². The zero-order chi connectivity index (χ0) is 13.4. The van der Waals surface area contributed by atoms with Gasteiger partial charge >= 0.3 is 0 Å². The van der Waals surface area contributed by atoms with Crippen molar-refractivity contribution in [1.29, 1.82) is 0 Å². The van der Waals surface area contributed by atoms with E-state index in [4.69, 9.17) is 16.2 Å². The molecule has 0 radical (unpaired) electrons. The lowest BCUT2D eigenvalue weighted by Gasteiger charge is -2.27. The molecule has 2 aromatic carbocycles. The van der Waals surface area contributed by atoms with Gasteiger partial charge in [0.1, 0.15) is 5.75 Å². The number of nitrogens with one attached hydrogen (secondary N) is 1. The standard InChI is InChI=1S/C15H17N3O/c1-2-19-10-4-6-13-12(8-10)15(17)11-5-3-9(16)7-14(11)18-13/h3-8,15,18H,2,16-17H2,1H3. The fourth-order valence-corrected chi connectivity index (χ4v) is 2.43. The lowest BCUT2D eigenvalue weighted by molar-refractivity contribution is 0.340. The topological polar surface area (TPSA) is 73.3 Å². The Hall–Kier alpha value is -2.20. The van der Waals surface area contributed by atoms with E-state index in [0.717, 1.165) is 33.9 Å². The monoisotopic (exact) mass is 255 g/mol. The third kappa shape index (κ3) is 2.00. The predicted octanol–water partition coefficient (Wildman–Crippen LogP) is 2.77. The van der Waals surface area contributed by atoms with E-state index in [1.54, 1.807) is 0 Å². The van der Waals surface area contributed by atoms with Crippen molar-refractivity contribution in [2.24, 2.45) is 5.73 Å². The van der Waals surface area contributed by atoms with Crippen LogP contribution in [0.5, 0.6) is 5.75 Å². The van der Waals surface area contributed by atoms with Crippen LogP contribution in [-0.4, -0.2) is 6.61 Å². The van der Waals surface area contributed by atoms with Crippen molar-refractivity contribution < 1.29 is 4.74 Å². The first kappa shape index (κ1) is 11.9. The van der Waals surface area contributed by atoms with E-state index in [0.29, 0.717) is 6.61 Å². The highest BCUT2D eigenvalue weighted by molar-refractivity contribution is 5.76. The molecule has 0 amide bonds. The Balaban J connectivity index is 2.05. The summed E-state index contributed by atoms with van der Waals surface area (Å²) in [5.41, 5.74) is 17.0. The summed E-state index contributed by atoms with van der Waals surface area (Å²) in [6.07, 6.45) is 0. The zero-order valence-electron chi connectivity index (χ0n) is 10.8. The van der Waals surface area contributed by atoms with Crippen LogP contribution in [0.2, 0.25) is 0 Å². The molecular formula is C15H17N3O. The van der Waals surface area contributed by atoms with E-state index < -0.39 is 0 Å². The van der Waals surface area contributed by atoms with Crippen LogP contribution in [0.3, 0.4) is 0 Å². The van der Waals surface area contributed by atoms with Crippen LogP contribution in [0.25, 0.3) is 0 Å². The Morgan fingerprint density at radius 1 is 1.11 bits per heavy atom. The fraction of sp³-hybridized carbons (Fsp3) is 0.200. The molecule has 0 spiro atoms. The minimum atomic E-state index is -0.160. The third-order valence-electron chi connectivity index (χ3n) is 3.35. The summed E-state index contributed by atoms with van der Waals surface area (Å²) < 4.78 is 5.52. The number of nitrogens with two attached hydrogens (primary N) is 2. The first-order chi connectivity index (χ1) is 9.19. The molecule has 98 valence electrons. The Labute approximate surface area is 112 Å². The van der Waals surface area contributed by atoms with E-state index in [1.165, 1.54) is 0 Å². The molecule has 1 aliphatic heterocycles. The van der Waals surface area contributed by atoms with Crippen LogP contribution in [0.1, 0.15) is 24.1 Å². The summed E-state index contributed by atoms with van der Waals surface area (Å²) in [6.45, 7) is 2.62. The predicted molar refractivity (Wildman–Crippen MR) is 77.8 cm³/mol. The van der Waals surface area contributed by atoms with Gasteiger partial charge in [-0.05, 0) is 42.8 Å². The van der Waals surface area contributed by atoms with Crippen molar-refractivity contribution in [2.75, 3.05) is 17.7 Å². The van der Waals surface area contributed by atoms with Crippen molar-refractivity contribution in [3.05, 3.63) is 47.5 Å². The second-order valence-corrected chi connectivity index (χ2v) is 4.63. The second-order valence-electron chi connectivity index (χ2n) is 4.63. The van der Waals surface area contributed by atoms with Crippen LogP contribution < -0.4 is 21.5 Å². The quantitative estimate of drug-likeness (QED) is 0.721. The van der Waals surface area contributed by atoms with Crippen molar-refractivity contribution >= 4 is 17.1 Å². The molecule has 4 nitrogen and oxygen atoms in total. The van der Waals surface area contributed by atoms with Crippen LogP contribution in [0.4, 0.5) is 17.1 Å². The summed E-state index contributed by atoms with van der Waals surface area (Å²) in [5.74, 6) is 0.845. The number of benzene rings is 2. The number of ether oxygens (including phenoxy) is 1. The largest absolute Gasteiger partial charge is 0.494 e. The smallest absolute Gasteiger partial charge is 0.119 e. The Morgan fingerprint density at radius 2 is 1.95 bits per heavy atom. The molecule has 4 heteroatoms. The van der Waals surface area contributed by atoms with Gasteiger partial charge < -0.3 is 21.5 Å². The lowest BCUT2D eigenvalue weighted by Crippen LogP contribution is -2.20. The van der Waals surface area contributed by atoms with E-state index >= 15 is 0 Å². The van der Waals surface area contributed by atoms with Crippen LogP contribution >= 0.6 is 0 Å². The number of anilines is 3. The molecule has 2 aromatic rings. The van der Waals surface area contributed by atoms with Crippen molar-refractivity contribution in [2.45, 2.75) is 13.0 Å². The molecule has 0 fully saturated rings. The molecule has 0 aliphatic carbocycles. The van der Waals surface area contributed by atoms with Gasteiger partial charge in [0, 0.05) is 22.6 Å². The minimum Gasteiger partial charge on any atom is -0.494 e. The average molecular weight is 255 g/mol. The summed E-state index contributed by atoms with van der Waals surface area (Å²) in [6, 6.07) is 11.5. The van der Waals surface area contributed by atoms with E-state index in [-0.39, 0.29) is 6.04 Å². The molecular weight excluding hydrogens is 238 g/mol. The summed E-state index contributed by atoms with van der Waals surface area (Å²) in [4.78, 5) is 0. The minimum absolute atomic E-state index is 0.160. The number of fused-ring (bicyclic) bond motifs is 2. The van der Waals surface area contributed by atoms with Crippen molar-refractivity contribution in [3.8, 4) is 5.75 Å². The van der Waals surface area contributed by atoms with E-state index in [1.807, 2.05) is 43.3 Å². The van der Waals surface area contributed by atoms with E-state index in [9.17, 15) is 0 Å². The van der Waals surface area contributed by atoms with Gasteiger partial charge in [0.2, 0.25) is 0 Å². The molecule has 1 atom stereocenters. The van der Waals surface area contributed by atoms with Gasteiger partial charge in [0.15, 0.2) is 0 Å². The lowest BCUT2D eigenvalue weighted by atomic mass is 9.92. The highest BCUT2D eigenvalue weighted by Crippen LogP contribution is 2.40. The third-order valence-corrected chi connectivity index (χ3v) is 3.35. The van der Waals surface area contributed by atoms with Crippen LogP contribution in [0, 0.1) is 0 Å².